The number of ether oxygens (including phenoxy) is 2. The third-order valence-corrected chi connectivity index (χ3v) is 3.05. The topological polar surface area (TPSA) is 43.6 Å². The van der Waals surface area contributed by atoms with E-state index in [9.17, 15) is 0 Å². The quantitative estimate of drug-likeness (QED) is 0.842. The average molecular weight is 275 g/mol. The van der Waals surface area contributed by atoms with Gasteiger partial charge in [-0.2, -0.15) is 0 Å². The fraction of sp³-hybridized carbons (Fsp3) is 0.375. The number of benzene rings is 1. The van der Waals surface area contributed by atoms with Crippen LogP contribution < -0.4 is 14.8 Å². The molecule has 2 aromatic rings. The Morgan fingerprint density at radius 3 is 2.65 bits per heavy atom. The molecule has 0 atom stereocenters. The summed E-state index contributed by atoms with van der Waals surface area (Å²) in [7, 11) is 1.63. The second kappa shape index (κ2) is 7.01. The van der Waals surface area contributed by atoms with E-state index in [1.807, 2.05) is 37.3 Å². The number of para-hydroxylation sites is 2. The van der Waals surface area contributed by atoms with E-state index in [1.165, 1.54) is 0 Å². The van der Waals surface area contributed by atoms with E-state index >= 15 is 0 Å². The van der Waals surface area contributed by atoms with Crippen molar-refractivity contribution in [1.82, 2.24) is 5.32 Å². The van der Waals surface area contributed by atoms with Crippen LogP contribution in [0.5, 0.6) is 11.5 Å². The largest absolute Gasteiger partial charge is 0.493 e. The van der Waals surface area contributed by atoms with Crippen LogP contribution in [0, 0.1) is 6.92 Å². The summed E-state index contributed by atoms with van der Waals surface area (Å²) in [4.78, 5) is 0. The van der Waals surface area contributed by atoms with Crippen LogP contribution in [-0.4, -0.2) is 13.7 Å². The van der Waals surface area contributed by atoms with Crippen LogP contribution in [-0.2, 0) is 13.2 Å². The number of nitrogens with one attached hydrogen (secondary N) is 1. The number of aryl methyl sites for hydroxylation is 1. The van der Waals surface area contributed by atoms with E-state index in [2.05, 4.69) is 12.2 Å². The van der Waals surface area contributed by atoms with Gasteiger partial charge in [0.05, 0.1) is 13.7 Å². The molecule has 0 saturated heterocycles. The highest BCUT2D eigenvalue weighted by Crippen LogP contribution is 2.27. The monoisotopic (exact) mass is 275 g/mol. The van der Waals surface area contributed by atoms with Gasteiger partial charge in [0.2, 0.25) is 0 Å². The number of rotatable bonds is 7. The molecule has 4 heteroatoms. The normalized spacial score (nSPS) is 10.6. The molecule has 0 amide bonds. The zero-order valence-corrected chi connectivity index (χ0v) is 12.2. The predicted molar refractivity (Wildman–Crippen MR) is 78.2 cm³/mol. The van der Waals surface area contributed by atoms with Crippen molar-refractivity contribution in [3.63, 3.8) is 0 Å². The Balaban J connectivity index is 2.00. The molecule has 1 N–H and O–H groups in total. The van der Waals surface area contributed by atoms with Gasteiger partial charge in [0.1, 0.15) is 18.1 Å². The third kappa shape index (κ3) is 3.54. The van der Waals surface area contributed by atoms with Gasteiger partial charge >= 0.3 is 0 Å². The van der Waals surface area contributed by atoms with Gasteiger partial charge < -0.3 is 19.2 Å². The predicted octanol–water partition coefficient (Wildman–Crippen LogP) is 3.29. The molecule has 0 aliphatic heterocycles. The van der Waals surface area contributed by atoms with E-state index < -0.39 is 0 Å². The summed E-state index contributed by atoms with van der Waals surface area (Å²) in [5.74, 6) is 3.23. The number of furan rings is 1. The Labute approximate surface area is 119 Å². The van der Waals surface area contributed by atoms with Crippen molar-refractivity contribution in [2.24, 2.45) is 0 Å². The minimum Gasteiger partial charge on any atom is -0.493 e. The van der Waals surface area contributed by atoms with E-state index in [-0.39, 0.29) is 0 Å². The molecule has 0 aliphatic carbocycles. The first kappa shape index (κ1) is 14.5. The molecule has 0 aliphatic rings. The van der Waals surface area contributed by atoms with Gasteiger partial charge in [0, 0.05) is 0 Å². The molecular formula is C16H21NO3. The second-order valence-electron chi connectivity index (χ2n) is 4.54. The van der Waals surface area contributed by atoms with Crippen LogP contribution >= 0.6 is 0 Å². The van der Waals surface area contributed by atoms with E-state index in [4.69, 9.17) is 13.9 Å². The van der Waals surface area contributed by atoms with E-state index in [0.717, 1.165) is 41.7 Å². The fourth-order valence-corrected chi connectivity index (χ4v) is 1.96. The van der Waals surface area contributed by atoms with Gasteiger partial charge in [0.25, 0.3) is 0 Å². The first-order valence-electron chi connectivity index (χ1n) is 6.79. The van der Waals surface area contributed by atoms with Gasteiger partial charge in [0.15, 0.2) is 11.5 Å². The zero-order valence-electron chi connectivity index (χ0n) is 12.2. The molecule has 0 radical (unpaired) electrons. The standard InChI is InChI=1S/C16H21NO3/c1-4-17-10-16-12(2)9-13(20-16)11-19-15-8-6-5-7-14(15)18-3/h5-9,17H,4,10-11H2,1-3H3. The van der Waals surface area contributed by atoms with Crippen molar-refractivity contribution in [2.45, 2.75) is 27.0 Å². The Hall–Kier alpha value is -1.94. The van der Waals surface area contributed by atoms with Crippen molar-refractivity contribution in [1.29, 1.82) is 0 Å². The first-order chi connectivity index (χ1) is 9.74. The summed E-state index contributed by atoms with van der Waals surface area (Å²) < 4.78 is 16.8. The Bertz CT molecular complexity index is 548. The zero-order chi connectivity index (χ0) is 14.4. The molecule has 1 aromatic carbocycles. The lowest BCUT2D eigenvalue weighted by Gasteiger charge is -2.08. The Morgan fingerprint density at radius 2 is 1.95 bits per heavy atom. The number of hydrogen-bond acceptors (Lipinski definition) is 4. The lowest BCUT2D eigenvalue weighted by molar-refractivity contribution is 0.252. The molecule has 2 rings (SSSR count). The van der Waals surface area contributed by atoms with E-state index in [1.54, 1.807) is 7.11 Å². The highest BCUT2D eigenvalue weighted by atomic mass is 16.5. The lowest BCUT2D eigenvalue weighted by Crippen LogP contribution is -2.11. The minimum atomic E-state index is 0.396. The van der Waals surface area contributed by atoms with Crippen LogP contribution in [0.3, 0.4) is 0 Å². The van der Waals surface area contributed by atoms with Crippen LogP contribution in [0.4, 0.5) is 0 Å². The molecule has 0 spiro atoms. The summed E-state index contributed by atoms with van der Waals surface area (Å²) in [5, 5.41) is 3.26. The first-order valence-corrected chi connectivity index (χ1v) is 6.79. The number of hydrogen-bond donors (Lipinski definition) is 1. The van der Waals surface area contributed by atoms with Crippen molar-refractivity contribution in [3.8, 4) is 11.5 Å². The molecule has 4 nitrogen and oxygen atoms in total. The van der Waals surface area contributed by atoms with Gasteiger partial charge in [-0.1, -0.05) is 19.1 Å². The third-order valence-electron chi connectivity index (χ3n) is 3.05. The van der Waals surface area contributed by atoms with Gasteiger partial charge in [-0.15, -0.1) is 0 Å². The smallest absolute Gasteiger partial charge is 0.161 e. The Morgan fingerprint density at radius 1 is 1.20 bits per heavy atom. The number of methoxy groups -OCH3 is 1. The van der Waals surface area contributed by atoms with Gasteiger partial charge in [-0.25, -0.2) is 0 Å². The summed E-state index contributed by atoms with van der Waals surface area (Å²) in [5.41, 5.74) is 1.14. The fourth-order valence-electron chi connectivity index (χ4n) is 1.96. The van der Waals surface area contributed by atoms with Crippen molar-refractivity contribution in [2.75, 3.05) is 13.7 Å². The highest BCUT2D eigenvalue weighted by molar-refractivity contribution is 5.39. The van der Waals surface area contributed by atoms with Gasteiger partial charge in [-0.3, -0.25) is 0 Å². The summed E-state index contributed by atoms with van der Waals surface area (Å²) in [6.45, 7) is 6.18. The van der Waals surface area contributed by atoms with E-state index in [0.29, 0.717) is 6.61 Å². The van der Waals surface area contributed by atoms with Crippen molar-refractivity contribution < 1.29 is 13.9 Å². The highest BCUT2D eigenvalue weighted by Gasteiger charge is 2.09. The van der Waals surface area contributed by atoms with Crippen molar-refractivity contribution >= 4 is 0 Å². The Kier molecular flexibility index (Phi) is 5.07. The molecule has 108 valence electrons. The van der Waals surface area contributed by atoms with Crippen molar-refractivity contribution in [3.05, 3.63) is 47.4 Å². The van der Waals surface area contributed by atoms with Crippen LogP contribution in [0.15, 0.2) is 34.7 Å². The maximum absolute atomic E-state index is 5.78. The van der Waals surface area contributed by atoms with Crippen LogP contribution in [0.25, 0.3) is 0 Å². The molecule has 1 heterocycles. The molecule has 0 saturated carbocycles. The second-order valence-corrected chi connectivity index (χ2v) is 4.54. The van der Waals surface area contributed by atoms with Gasteiger partial charge in [-0.05, 0) is 37.2 Å². The average Bonchev–Trinajstić information content (AvgIpc) is 2.83. The maximum Gasteiger partial charge on any atom is 0.161 e. The SMILES string of the molecule is CCNCc1oc(COc2ccccc2OC)cc1C. The molecule has 0 bridgehead atoms. The molecule has 20 heavy (non-hydrogen) atoms. The summed E-state index contributed by atoms with van der Waals surface area (Å²) >= 11 is 0. The van der Waals surface area contributed by atoms with Crippen LogP contribution in [0.2, 0.25) is 0 Å². The maximum atomic E-state index is 5.78. The minimum absolute atomic E-state index is 0.396. The molecule has 0 unspecified atom stereocenters. The molecule has 0 fully saturated rings. The lowest BCUT2D eigenvalue weighted by atomic mass is 10.2. The molecular weight excluding hydrogens is 254 g/mol. The summed E-state index contributed by atoms with van der Waals surface area (Å²) in [6.07, 6.45) is 0. The summed E-state index contributed by atoms with van der Waals surface area (Å²) in [6, 6.07) is 9.61. The molecule has 1 aromatic heterocycles. The van der Waals surface area contributed by atoms with Crippen LogP contribution in [0.1, 0.15) is 24.0 Å².